The second-order valence-electron chi connectivity index (χ2n) is 7.57. The molecule has 1 aliphatic rings. The van der Waals surface area contributed by atoms with E-state index in [1.807, 2.05) is 11.8 Å². The van der Waals surface area contributed by atoms with Gasteiger partial charge in [-0.15, -0.1) is 0 Å². The fourth-order valence-electron chi connectivity index (χ4n) is 3.91. The molecular weight excluding hydrogens is 436 g/mol. The number of hydrogen-bond acceptors (Lipinski definition) is 7. The van der Waals surface area contributed by atoms with Crippen molar-refractivity contribution in [2.24, 2.45) is 7.05 Å². The van der Waals surface area contributed by atoms with Crippen LogP contribution in [0.5, 0.6) is 0 Å². The number of piperazine rings is 1. The SMILES string of the molecule is CCN(CC)S(=O)(=O)c1ccc(N2CCN(C(=O)c3cc(C)nn3C)CC2)c([N+](=O)[O-])c1. The first kappa shape index (κ1) is 23.7. The molecule has 0 N–H and O–H groups in total. The molecule has 11 nitrogen and oxygen atoms in total. The van der Waals surface area contributed by atoms with Crippen molar-refractivity contribution in [1.29, 1.82) is 0 Å². The third-order valence-electron chi connectivity index (χ3n) is 5.62. The number of anilines is 1. The molecule has 0 unspecified atom stereocenters. The molecule has 2 heterocycles. The maximum absolute atomic E-state index is 12.8. The molecule has 1 amide bonds. The first-order valence-corrected chi connectivity index (χ1v) is 11.9. The van der Waals surface area contributed by atoms with Crippen LogP contribution in [0.3, 0.4) is 0 Å². The summed E-state index contributed by atoms with van der Waals surface area (Å²) in [7, 11) is -2.09. The van der Waals surface area contributed by atoms with Gasteiger partial charge >= 0.3 is 0 Å². The number of rotatable bonds is 7. The Morgan fingerprint density at radius 3 is 2.28 bits per heavy atom. The Labute approximate surface area is 187 Å². The summed E-state index contributed by atoms with van der Waals surface area (Å²) in [6.07, 6.45) is 0. The highest BCUT2D eigenvalue weighted by Gasteiger charge is 2.30. The second-order valence-corrected chi connectivity index (χ2v) is 9.51. The van der Waals surface area contributed by atoms with Crippen LogP contribution in [0, 0.1) is 17.0 Å². The normalized spacial score (nSPS) is 14.8. The Bertz CT molecular complexity index is 1120. The first-order valence-electron chi connectivity index (χ1n) is 10.4. The van der Waals surface area contributed by atoms with Gasteiger partial charge in [0.25, 0.3) is 11.6 Å². The van der Waals surface area contributed by atoms with E-state index in [0.29, 0.717) is 37.6 Å². The molecule has 1 fully saturated rings. The monoisotopic (exact) mass is 464 g/mol. The van der Waals surface area contributed by atoms with Gasteiger partial charge in [0.15, 0.2) is 0 Å². The quantitative estimate of drug-likeness (QED) is 0.451. The highest BCUT2D eigenvalue weighted by atomic mass is 32.2. The van der Waals surface area contributed by atoms with E-state index in [-0.39, 0.29) is 29.6 Å². The molecule has 12 heteroatoms. The largest absolute Gasteiger partial charge is 0.362 e. The van der Waals surface area contributed by atoms with Crippen LogP contribution in [0.2, 0.25) is 0 Å². The average molecular weight is 465 g/mol. The van der Waals surface area contributed by atoms with Crippen molar-refractivity contribution < 1.29 is 18.1 Å². The number of sulfonamides is 1. The van der Waals surface area contributed by atoms with Gasteiger partial charge in [0, 0.05) is 52.4 Å². The summed E-state index contributed by atoms with van der Waals surface area (Å²) in [6.45, 7) is 7.38. The van der Waals surface area contributed by atoms with Crippen molar-refractivity contribution in [3.05, 3.63) is 45.8 Å². The van der Waals surface area contributed by atoms with Crippen LogP contribution in [-0.4, -0.2) is 77.5 Å². The third-order valence-corrected chi connectivity index (χ3v) is 7.66. The second kappa shape index (κ2) is 9.25. The van der Waals surface area contributed by atoms with Gasteiger partial charge in [0.1, 0.15) is 11.4 Å². The van der Waals surface area contributed by atoms with Crippen molar-refractivity contribution >= 4 is 27.3 Å². The predicted molar refractivity (Wildman–Crippen MR) is 119 cm³/mol. The van der Waals surface area contributed by atoms with Crippen LogP contribution in [0.4, 0.5) is 11.4 Å². The van der Waals surface area contributed by atoms with Crippen LogP contribution in [-0.2, 0) is 17.1 Å². The first-order chi connectivity index (χ1) is 15.1. The van der Waals surface area contributed by atoms with Gasteiger partial charge < -0.3 is 9.80 Å². The highest BCUT2D eigenvalue weighted by molar-refractivity contribution is 7.89. The molecule has 0 atom stereocenters. The number of aromatic nitrogens is 2. The van der Waals surface area contributed by atoms with Crippen molar-refractivity contribution in [2.75, 3.05) is 44.2 Å². The summed E-state index contributed by atoms with van der Waals surface area (Å²) in [5, 5.41) is 16.0. The Kier molecular flexibility index (Phi) is 6.84. The van der Waals surface area contributed by atoms with E-state index in [1.54, 1.807) is 36.5 Å². The van der Waals surface area contributed by atoms with Gasteiger partial charge in [0.05, 0.1) is 15.5 Å². The summed E-state index contributed by atoms with van der Waals surface area (Å²) in [4.78, 5) is 27.4. The van der Waals surface area contributed by atoms with Crippen molar-refractivity contribution in [2.45, 2.75) is 25.7 Å². The molecule has 3 rings (SSSR count). The van der Waals surface area contributed by atoms with E-state index < -0.39 is 14.9 Å². The van der Waals surface area contributed by atoms with Gasteiger partial charge in [-0.05, 0) is 25.1 Å². The van der Waals surface area contributed by atoms with Crippen LogP contribution in [0.25, 0.3) is 0 Å². The number of benzene rings is 1. The summed E-state index contributed by atoms with van der Waals surface area (Å²) in [5.41, 5.74) is 1.33. The number of hydrogen-bond donors (Lipinski definition) is 0. The van der Waals surface area contributed by atoms with E-state index in [2.05, 4.69) is 5.10 Å². The molecule has 0 aliphatic carbocycles. The maximum Gasteiger partial charge on any atom is 0.293 e. The van der Waals surface area contributed by atoms with Crippen LogP contribution in [0.1, 0.15) is 30.0 Å². The summed E-state index contributed by atoms with van der Waals surface area (Å²) < 4.78 is 28.4. The molecule has 1 aliphatic heterocycles. The fourth-order valence-corrected chi connectivity index (χ4v) is 5.39. The van der Waals surface area contributed by atoms with Crippen LogP contribution >= 0.6 is 0 Å². The number of nitro benzene ring substituents is 1. The summed E-state index contributed by atoms with van der Waals surface area (Å²) >= 11 is 0. The lowest BCUT2D eigenvalue weighted by Crippen LogP contribution is -2.49. The van der Waals surface area contributed by atoms with Gasteiger partial charge in [-0.1, -0.05) is 13.8 Å². The smallest absolute Gasteiger partial charge is 0.293 e. The van der Waals surface area contributed by atoms with E-state index in [9.17, 15) is 23.3 Å². The number of amides is 1. The number of carbonyl (C=O) groups is 1. The zero-order chi connectivity index (χ0) is 23.6. The molecule has 1 saturated heterocycles. The maximum atomic E-state index is 12.8. The Hall–Kier alpha value is -2.99. The lowest BCUT2D eigenvalue weighted by atomic mass is 10.2. The minimum atomic E-state index is -3.81. The van der Waals surface area contributed by atoms with E-state index in [0.717, 1.165) is 11.8 Å². The van der Waals surface area contributed by atoms with Gasteiger partial charge in [-0.2, -0.15) is 9.40 Å². The number of aryl methyl sites for hydroxylation is 2. The van der Waals surface area contributed by atoms with E-state index in [4.69, 9.17) is 0 Å². The lowest BCUT2D eigenvalue weighted by molar-refractivity contribution is -0.384. The molecule has 1 aromatic carbocycles. The van der Waals surface area contributed by atoms with Crippen LogP contribution in [0.15, 0.2) is 29.2 Å². The number of nitro groups is 1. The molecular formula is C20H28N6O5S. The van der Waals surface area contributed by atoms with Crippen molar-refractivity contribution in [1.82, 2.24) is 19.0 Å². The minimum Gasteiger partial charge on any atom is -0.362 e. The minimum absolute atomic E-state index is 0.1000. The molecule has 0 bridgehead atoms. The van der Waals surface area contributed by atoms with E-state index in [1.165, 1.54) is 16.4 Å². The zero-order valence-electron chi connectivity index (χ0n) is 18.7. The van der Waals surface area contributed by atoms with Crippen molar-refractivity contribution in [3.63, 3.8) is 0 Å². The Morgan fingerprint density at radius 1 is 1.16 bits per heavy atom. The predicted octanol–water partition coefficient (Wildman–Crippen LogP) is 1.63. The van der Waals surface area contributed by atoms with Gasteiger partial charge in [0.2, 0.25) is 10.0 Å². The molecule has 32 heavy (non-hydrogen) atoms. The summed E-state index contributed by atoms with van der Waals surface area (Å²) in [5.74, 6) is -0.136. The summed E-state index contributed by atoms with van der Waals surface area (Å²) in [6, 6.07) is 5.75. The highest BCUT2D eigenvalue weighted by Crippen LogP contribution is 2.32. The van der Waals surface area contributed by atoms with Gasteiger partial charge in [-0.25, -0.2) is 8.42 Å². The lowest BCUT2D eigenvalue weighted by Gasteiger charge is -2.35. The standard InChI is InChI=1S/C20H28N6O5S/c1-5-25(6-2)32(30,31)16-7-8-17(18(14-16)26(28)29)23-9-11-24(12-10-23)20(27)19-13-15(3)21-22(19)4/h7-8,13-14H,5-6,9-12H2,1-4H3. The van der Waals surface area contributed by atoms with E-state index >= 15 is 0 Å². The number of nitrogens with zero attached hydrogens (tertiary/aromatic N) is 6. The van der Waals surface area contributed by atoms with Gasteiger partial charge in [-0.3, -0.25) is 19.6 Å². The molecule has 2 aromatic rings. The molecule has 0 spiro atoms. The Balaban J connectivity index is 1.81. The Morgan fingerprint density at radius 2 is 1.78 bits per heavy atom. The molecule has 0 radical (unpaired) electrons. The molecule has 174 valence electrons. The fraction of sp³-hybridized carbons (Fsp3) is 0.500. The third kappa shape index (κ3) is 4.46. The number of carbonyl (C=O) groups excluding carboxylic acids is 1. The van der Waals surface area contributed by atoms with Crippen molar-refractivity contribution in [3.8, 4) is 0 Å². The molecule has 0 saturated carbocycles. The topological polar surface area (TPSA) is 122 Å². The average Bonchev–Trinajstić information content (AvgIpc) is 3.11. The van der Waals surface area contributed by atoms with Crippen LogP contribution < -0.4 is 4.90 Å². The molecule has 1 aromatic heterocycles. The zero-order valence-corrected chi connectivity index (χ0v) is 19.5.